The van der Waals surface area contributed by atoms with E-state index in [-0.39, 0.29) is 47.5 Å². The minimum absolute atomic E-state index is 0.0249. The predicted molar refractivity (Wildman–Crippen MR) is 86.1 cm³/mol. The van der Waals surface area contributed by atoms with Crippen molar-refractivity contribution in [1.29, 1.82) is 0 Å². The summed E-state index contributed by atoms with van der Waals surface area (Å²) in [5.41, 5.74) is 0.278. The first-order valence-corrected chi connectivity index (χ1v) is 8.74. The highest BCUT2D eigenvalue weighted by Gasteiger charge is 2.34. The maximum Gasteiger partial charge on any atom is 0.337 e. The first-order valence-electron chi connectivity index (χ1n) is 7.02. The average molecular weight is 355 g/mol. The fraction of sp³-hybridized carbons (Fsp3) is 0.357. The maximum atomic E-state index is 12.1. The molecule has 0 bridgehead atoms. The quantitative estimate of drug-likeness (QED) is 0.676. The predicted octanol–water partition coefficient (Wildman–Crippen LogP) is -0.0154. The molecule has 0 aliphatic carbocycles. The van der Waals surface area contributed by atoms with Crippen molar-refractivity contribution in [3.8, 4) is 0 Å². The number of nitrogens with two attached hydrogens (primary N) is 1. The van der Waals surface area contributed by atoms with Crippen LogP contribution in [0.1, 0.15) is 23.7 Å². The molecule has 24 heavy (non-hydrogen) atoms. The summed E-state index contributed by atoms with van der Waals surface area (Å²) in [7, 11) is -3.73. The van der Waals surface area contributed by atoms with E-state index in [1.54, 1.807) is 0 Å². The van der Waals surface area contributed by atoms with Crippen LogP contribution in [0.2, 0.25) is 0 Å². The zero-order valence-electron chi connectivity index (χ0n) is 12.9. The first-order chi connectivity index (χ1) is 11.1. The van der Waals surface area contributed by atoms with E-state index in [2.05, 4.69) is 5.32 Å². The van der Waals surface area contributed by atoms with Crippen LogP contribution >= 0.6 is 0 Å². The van der Waals surface area contributed by atoms with Gasteiger partial charge in [-0.2, -0.15) is 0 Å². The lowest BCUT2D eigenvalue weighted by molar-refractivity contribution is -0.117. The van der Waals surface area contributed by atoms with Crippen molar-refractivity contribution in [2.75, 3.05) is 22.5 Å². The molecule has 0 saturated carbocycles. The number of carbonyl (C=O) groups excluding carboxylic acids is 2. The standard InChI is InChI=1S/C14H17N3O6S/c1-8(18)16-10-2-3-12(11(5-10)14(20)21)17-6-9(4-13(17)19)7-24(15,22)23/h2-3,5,9H,4,6-7H2,1H3,(H,16,18)(H,20,21)(H2,15,22,23). The number of anilines is 2. The number of aromatic carboxylic acids is 1. The smallest absolute Gasteiger partial charge is 0.337 e. The summed E-state index contributed by atoms with van der Waals surface area (Å²) in [5, 5.41) is 16.8. The van der Waals surface area contributed by atoms with Crippen LogP contribution in [-0.2, 0) is 19.6 Å². The number of hydrogen-bond donors (Lipinski definition) is 3. The van der Waals surface area contributed by atoms with Gasteiger partial charge in [0.1, 0.15) is 0 Å². The summed E-state index contributed by atoms with van der Waals surface area (Å²) >= 11 is 0. The number of sulfonamides is 1. The number of nitrogens with one attached hydrogen (secondary N) is 1. The molecule has 1 saturated heterocycles. The molecule has 130 valence electrons. The van der Waals surface area contributed by atoms with Gasteiger partial charge < -0.3 is 15.3 Å². The van der Waals surface area contributed by atoms with E-state index in [0.29, 0.717) is 0 Å². The molecule has 1 unspecified atom stereocenters. The third-order valence-corrected chi connectivity index (χ3v) is 4.45. The number of carboxylic acid groups (broad SMARTS) is 1. The van der Waals surface area contributed by atoms with Gasteiger partial charge in [0.15, 0.2) is 0 Å². The molecule has 0 spiro atoms. The van der Waals surface area contributed by atoms with E-state index >= 15 is 0 Å². The number of amides is 2. The van der Waals surface area contributed by atoms with Gasteiger partial charge in [0.25, 0.3) is 0 Å². The summed E-state index contributed by atoms with van der Waals surface area (Å²) in [6, 6.07) is 4.13. The van der Waals surface area contributed by atoms with Crippen molar-refractivity contribution in [3.05, 3.63) is 23.8 Å². The second-order valence-electron chi connectivity index (χ2n) is 5.62. The van der Waals surface area contributed by atoms with Gasteiger partial charge in [0, 0.05) is 31.5 Å². The normalized spacial score (nSPS) is 17.8. The van der Waals surface area contributed by atoms with Gasteiger partial charge in [-0.3, -0.25) is 9.59 Å². The minimum Gasteiger partial charge on any atom is -0.478 e. The summed E-state index contributed by atoms with van der Waals surface area (Å²) in [5.74, 6) is -2.84. The van der Waals surface area contributed by atoms with E-state index in [9.17, 15) is 27.9 Å². The third-order valence-electron chi connectivity index (χ3n) is 3.51. The molecule has 1 atom stereocenters. The second-order valence-corrected chi connectivity index (χ2v) is 7.28. The Labute approximate surface area is 138 Å². The first kappa shape index (κ1) is 17.9. The van der Waals surface area contributed by atoms with E-state index < -0.39 is 21.9 Å². The molecule has 9 nitrogen and oxygen atoms in total. The molecular formula is C14H17N3O6S. The lowest BCUT2D eigenvalue weighted by atomic mass is 10.1. The maximum absolute atomic E-state index is 12.1. The van der Waals surface area contributed by atoms with Crippen LogP contribution in [0.4, 0.5) is 11.4 Å². The molecule has 10 heteroatoms. The Morgan fingerprint density at radius 1 is 1.42 bits per heavy atom. The Hall–Kier alpha value is -2.46. The molecular weight excluding hydrogens is 338 g/mol. The zero-order chi connectivity index (χ0) is 18.1. The molecule has 2 rings (SSSR count). The Balaban J connectivity index is 2.32. The fourth-order valence-electron chi connectivity index (χ4n) is 2.68. The van der Waals surface area contributed by atoms with Crippen LogP contribution < -0.4 is 15.4 Å². The summed E-state index contributed by atoms with van der Waals surface area (Å²) in [6.07, 6.45) is -0.0249. The van der Waals surface area contributed by atoms with E-state index in [4.69, 9.17) is 5.14 Å². The van der Waals surface area contributed by atoms with Crippen molar-refractivity contribution in [3.63, 3.8) is 0 Å². The van der Waals surface area contributed by atoms with Crippen molar-refractivity contribution < 1.29 is 27.9 Å². The molecule has 0 radical (unpaired) electrons. The van der Waals surface area contributed by atoms with E-state index in [1.807, 2.05) is 0 Å². The Morgan fingerprint density at radius 3 is 2.62 bits per heavy atom. The number of benzene rings is 1. The second kappa shape index (κ2) is 6.57. The highest BCUT2D eigenvalue weighted by molar-refractivity contribution is 7.89. The van der Waals surface area contributed by atoms with Gasteiger partial charge in [-0.05, 0) is 18.2 Å². The van der Waals surface area contributed by atoms with E-state index in [1.165, 1.54) is 30.0 Å². The van der Waals surface area contributed by atoms with Crippen molar-refractivity contribution >= 4 is 39.2 Å². The summed E-state index contributed by atoms with van der Waals surface area (Å²) < 4.78 is 22.3. The fourth-order valence-corrected chi connectivity index (χ4v) is 3.56. The highest BCUT2D eigenvalue weighted by atomic mass is 32.2. The Morgan fingerprint density at radius 2 is 2.08 bits per heavy atom. The topological polar surface area (TPSA) is 147 Å². The van der Waals surface area contributed by atoms with Crippen molar-refractivity contribution in [2.45, 2.75) is 13.3 Å². The molecule has 1 aromatic rings. The summed E-state index contributed by atoms with van der Waals surface area (Å²) in [4.78, 5) is 35.9. The number of hydrogen-bond acceptors (Lipinski definition) is 5. The van der Waals surface area contributed by atoms with Gasteiger partial charge in [0.05, 0.1) is 17.0 Å². The number of nitrogens with zero attached hydrogens (tertiary/aromatic N) is 1. The van der Waals surface area contributed by atoms with Gasteiger partial charge >= 0.3 is 5.97 Å². The lowest BCUT2D eigenvalue weighted by Crippen LogP contribution is -2.28. The molecule has 0 aromatic heterocycles. The number of primary sulfonamides is 1. The van der Waals surface area contributed by atoms with E-state index in [0.717, 1.165) is 0 Å². The molecule has 1 aliphatic rings. The van der Waals surface area contributed by atoms with Gasteiger partial charge in [-0.25, -0.2) is 18.4 Å². The average Bonchev–Trinajstić information content (AvgIpc) is 2.76. The van der Waals surface area contributed by atoms with Crippen LogP contribution in [0, 0.1) is 5.92 Å². The van der Waals surface area contributed by atoms with Crippen LogP contribution in [0.25, 0.3) is 0 Å². The molecule has 4 N–H and O–H groups in total. The zero-order valence-corrected chi connectivity index (χ0v) is 13.7. The van der Waals surface area contributed by atoms with Crippen LogP contribution in [0.3, 0.4) is 0 Å². The number of carboxylic acids is 1. The van der Waals surface area contributed by atoms with Crippen molar-refractivity contribution in [2.24, 2.45) is 11.1 Å². The van der Waals surface area contributed by atoms with Gasteiger partial charge in [-0.15, -0.1) is 0 Å². The minimum atomic E-state index is -3.73. The van der Waals surface area contributed by atoms with Crippen LogP contribution in [0.15, 0.2) is 18.2 Å². The number of carbonyl (C=O) groups is 3. The molecule has 1 heterocycles. The molecule has 1 fully saturated rings. The lowest BCUT2D eigenvalue weighted by Gasteiger charge is -2.19. The van der Waals surface area contributed by atoms with Crippen molar-refractivity contribution in [1.82, 2.24) is 0 Å². The number of rotatable bonds is 5. The highest BCUT2D eigenvalue weighted by Crippen LogP contribution is 2.30. The Bertz CT molecular complexity index is 805. The Kier molecular flexibility index (Phi) is 4.90. The van der Waals surface area contributed by atoms with Gasteiger partial charge in [0.2, 0.25) is 21.8 Å². The molecule has 1 aliphatic heterocycles. The molecule has 2 amide bonds. The largest absolute Gasteiger partial charge is 0.478 e. The van der Waals surface area contributed by atoms with Crippen LogP contribution in [-0.4, -0.2) is 43.6 Å². The summed E-state index contributed by atoms with van der Waals surface area (Å²) in [6.45, 7) is 1.35. The van der Waals surface area contributed by atoms with Gasteiger partial charge in [-0.1, -0.05) is 0 Å². The van der Waals surface area contributed by atoms with Crippen LogP contribution in [0.5, 0.6) is 0 Å². The molecule has 1 aromatic carbocycles. The third kappa shape index (κ3) is 4.30. The monoisotopic (exact) mass is 355 g/mol. The SMILES string of the molecule is CC(=O)Nc1ccc(N2CC(CS(N)(=O)=O)CC2=O)c(C(=O)O)c1.